The molecule has 0 bridgehead atoms. The summed E-state index contributed by atoms with van der Waals surface area (Å²) in [4.78, 5) is 39.8. The molecule has 0 aromatic heterocycles. The number of nitrogens with one attached hydrogen (secondary N) is 1. The van der Waals surface area contributed by atoms with E-state index in [1.54, 1.807) is 18.2 Å². The van der Waals surface area contributed by atoms with Crippen LogP contribution in [0.4, 0.5) is 11.4 Å². The van der Waals surface area contributed by atoms with Gasteiger partial charge in [0, 0.05) is 10.6 Å². The molecule has 0 radical (unpaired) electrons. The number of carbonyl (C=O) groups excluding carboxylic acids is 3. The maximum absolute atomic E-state index is 13.0. The molecule has 0 aliphatic carbocycles. The summed E-state index contributed by atoms with van der Waals surface area (Å²) in [5, 5.41) is 3.44. The highest BCUT2D eigenvalue weighted by Crippen LogP contribution is 2.32. The van der Waals surface area contributed by atoms with Crippen LogP contribution < -0.4 is 10.2 Å². The summed E-state index contributed by atoms with van der Waals surface area (Å²) in [5.41, 5.74) is 3.38. The molecule has 1 aliphatic rings. The number of hydrogen-bond donors (Lipinski definition) is 1. The number of aryl methyl sites for hydroxylation is 2. The van der Waals surface area contributed by atoms with Gasteiger partial charge in [0.25, 0.3) is 17.7 Å². The average Bonchev–Trinajstić information content (AvgIpc) is 2.96. The van der Waals surface area contributed by atoms with Gasteiger partial charge < -0.3 is 5.32 Å². The molecule has 0 atom stereocenters. The van der Waals surface area contributed by atoms with Crippen molar-refractivity contribution < 1.29 is 14.4 Å². The molecule has 0 spiro atoms. The normalized spacial score (nSPS) is 12.9. The Morgan fingerprint density at radius 1 is 0.867 bits per heavy atom. The smallest absolute Gasteiger partial charge is 0.266 e. The summed E-state index contributed by atoms with van der Waals surface area (Å²) in [6, 6.07) is 14.7. The number of rotatable bonds is 3. The van der Waals surface area contributed by atoms with Crippen molar-refractivity contribution in [2.75, 3.05) is 10.2 Å². The second kappa shape index (κ2) is 7.59. The van der Waals surface area contributed by atoms with Crippen molar-refractivity contribution in [3.8, 4) is 0 Å². The summed E-state index contributed by atoms with van der Waals surface area (Å²) in [5.74, 6) is -1.31. The molecule has 3 aromatic rings. The molecular formula is C23H16Cl2N2O3. The van der Waals surface area contributed by atoms with Crippen molar-refractivity contribution in [2.24, 2.45) is 0 Å². The van der Waals surface area contributed by atoms with Crippen molar-refractivity contribution in [3.05, 3.63) is 92.5 Å². The largest absolute Gasteiger partial charge is 0.321 e. The van der Waals surface area contributed by atoms with E-state index in [1.165, 1.54) is 24.3 Å². The lowest BCUT2D eigenvalue weighted by molar-refractivity contribution is 0.0925. The Balaban J connectivity index is 1.66. The van der Waals surface area contributed by atoms with E-state index in [2.05, 4.69) is 5.32 Å². The second-order valence-corrected chi connectivity index (χ2v) is 7.92. The highest BCUT2D eigenvalue weighted by molar-refractivity contribution is 6.37. The van der Waals surface area contributed by atoms with Crippen LogP contribution in [0, 0.1) is 13.8 Å². The number of nitrogens with zero attached hydrogens (tertiary/aromatic N) is 1. The minimum Gasteiger partial charge on any atom is -0.321 e. The van der Waals surface area contributed by atoms with Gasteiger partial charge in [-0.2, -0.15) is 0 Å². The Labute approximate surface area is 183 Å². The van der Waals surface area contributed by atoms with Crippen molar-refractivity contribution >= 4 is 52.3 Å². The Hall–Kier alpha value is -3.15. The molecule has 1 aliphatic heterocycles. The van der Waals surface area contributed by atoms with E-state index in [-0.39, 0.29) is 16.7 Å². The number of anilines is 2. The minimum atomic E-state index is -0.456. The van der Waals surface area contributed by atoms with Gasteiger partial charge in [-0.25, -0.2) is 4.90 Å². The first kappa shape index (κ1) is 20.1. The molecule has 3 aromatic carbocycles. The molecule has 0 saturated carbocycles. The van der Waals surface area contributed by atoms with Crippen LogP contribution in [0.2, 0.25) is 10.0 Å². The number of halogens is 2. The van der Waals surface area contributed by atoms with Crippen molar-refractivity contribution in [1.82, 2.24) is 0 Å². The van der Waals surface area contributed by atoms with Gasteiger partial charge in [0.1, 0.15) is 0 Å². The van der Waals surface area contributed by atoms with Crippen molar-refractivity contribution in [3.63, 3.8) is 0 Å². The molecule has 0 fully saturated rings. The Morgan fingerprint density at radius 2 is 1.60 bits per heavy atom. The highest BCUT2D eigenvalue weighted by Gasteiger charge is 2.37. The van der Waals surface area contributed by atoms with Crippen LogP contribution in [0.25, 0.3) is 0 Å². The first-order valence-corrected chi connectivity index (χ1v) is 9.88. The fourth-order valence-corrected chi connectivity index (χ4v) is 3.80. The maximum atomic E-state index is 13.0. The van der Waals surface area contributed by atoms with Crippen LogP contribution in [-0.4, -0.2) is 17.7 Å². The number of benzene rings is 3. The predicted molar refractivity (Wildman–Crippen MR) is 118 cm³/mol. The number of amides is 3. The number of hydrogen-bond acceptors (Lipinski definition) is 3. The lowest BCUT2D eigenvalue weighted by Gasteiger charge is -2.17. The third-order valence-corrected chi connectivity index (χ3v) is 5.48. The van der Waals surface area contributed by atoms with Gasteiger partial charge in [0.15, 0.2) is 0 Å². The minimum absolute atomic E-state index is 0.191. The van der Waals surface area contributed by atoms with Gasteiger partial charge >= 0.3 is 0 Å². The van der Waals surface area contributed by atoms with Crippen molar-refractivity contribution in [2.45, 2.75) is 13.8 Å². The molecule has 0 unspecified atom stereocenters. The molecule has 150 valence electrons. The summed E-state index contributed by atoms with van der Waals surface area (Å²) in [7, 11) is 0. The summed E-state index contributed by atoms with van der Waals surface area (Å²) in [6.45, 7) is 3.73. The van der Waals surface area contributed by atoms with Crippen LogP contribution >= 0.6 is 23.2 Å². The molecule has 4 rings (SSSR count). The third-order valence-electron chi connectivity index (χ3n) is 4.93. The molecule has 7 heteroatoms. The molecule has 1 heterocycles. The second-order valence-electron chi connectivity index (χ2n) is 7.07. The first-order chi connectivity index (χ1) is 14.3. The van der Waals surface area contributed by atoms with E-state index in [4.69, 9.17) is 23.2 Å². The van der Waals surface area contributed by atoms with Crippen molar-refractivity contribution in [1.29, 1.82) is 0 Å². The Kier molecular flexibility index (Phi) is 5.10. The lowest BCUT2D eigenvalue weighted by Crippen LogP contribution is -2.30. The van der Waals surface area contributed by atoms with Gasteiger partial charge in [0.2, 0.25) is 0 Å². The molecule has 1 N–H and O–H groups in total. The number of carbonyl (C=O) groups is 3. The van der Waals surface area contributed by atoms with Crippen LogP contribution in [-0.2, 0) is 0 Å². The van der Waals surface area contributed by atoms with E-state index >= 15 is 0 Å². The van der Waals surface area contributed by atoms with Gasteiger partial charge in [-0.15, -0.1) is 0 Å². The first-order valence-electron chi connectivity index (χ1n) is 9.13. The quantitative estimate of drug-likeness (QED) is 0.536. The maximum Gasteiger partial charge on any atom is 0.266 e. The molecule has 30 heavy (non-hydrogen) atoms. The van der Waals surface area contributed by atoms with Gasteiger partial charge in [-0.3, -0.25) is 14.4 Å². The van der Waals surface area contributed by atoms with Crippen LogP contribution in [0.5, 0.6) is 0 Å². The zero-order valence-electron chi connectivity index (χ0n) is 16.1. The zero-order chi connectivity index (χ0) is 21.6. The van der Waals surface area contributed by atoms with Crippen LogP contribution in [0.1, 0.15) is 42.2 Å². The van der Waals surface area contributed by atoms with E-state index in [1.807, 2.05) is 26.0 Å². The van der Waals surface area contributed by atoms with Gasteiger partial charge in [0.05, 0.1) is 27.5 Å². The summed E-state index contributed by atoms with van der Waals surface area (Å²) in [6.07, 6.45) is 0. The highest BCUT2D eigenvalue weighted by atomic mass is 35.5. The lowest BCUT2D eigenvalue weighted by atomic mass is 10.1. The van der Waals surface area contributed by atoms with E-state index in [0.717, 1.165) is 16.0 Å². The zero-order valence-corrected chi connectivity index (χ0v) is 17.6. The fourth-order valence-electron chi connectivity index (χ4n) is 3.35. The van der Waals surface area contributed by atoms with Gasteiger partial charge in [-0.1, -0.05) is 35.3 Å². The van der Waals surface area contributed by atoms with E-state index in [9.17, 15) is 14.4 Å². The van der Waals surface area contributed by atoms with E-state index < -0.39 is 17.7 Å². The predicted octanol–water partition coefficient (Wildman–Crippen LogP) is 5.66. The van der Waals surface area contributed by atoms with Crippen LogP contribution in [0.15, 0.2) is 54.6 Å². The number of fused-ring (bicyclic) bond motifs is 1. The summed E-state index contributed by atoms with van der Waals surface area (Å²) >= 11 is 12.0. The monoisotopic (exact) mass is 438 g/mol. The molecule has 3 amide bonds. The fraction of sp³-hybridized carbons (Fsp3) is 0.0870. The topological polar surface area (TPSA) is 66.5 Å². The molecule has 0 saturated heterocycles. The SMILES string of the molecule is Cc1ccc(C)c(N2C(=O)c3ccc(C(=O)Nc4ccc(Cl)cc4Cl)cc3C2=O)c1. The number of imide groups is 1. The van der Waals surface area contributed by atoms with E-state index in [0.29, 0.717) is 21.4 Å². The van der Waals surface area contributed by atoms with Crippen LogP contribution in [0.3, 0.4) is 0 Å². The summed E-state index contributed by atoms with van der Waals surface area (Å²) < 4.78 is 0. The van der Waals surface area contributed by atoms with Gasteiger partial charge in [-0.05, 0) is 67.4 Å². The standard InChI is InChI=1S/C23H16Cl2N2O3/c1-12-3-4-13(2)20(9-12)27-22(29)16-7-5-14(10-17(16)23(27)30)21(28)26-19-8-6-15(24)11-18(19)25/h3-11H,1-2H3,(H,26,28). The molecular weight excluding hydrogens is 423 g/mol. The molecule has 5 nitrogen and oxygen atoms in total. The third kappa shape index (κ3) is 3.47. The Bertz CT molecular complexity index is 1240. The average molecular weight is 439 g/mol. The Morgan fingerprint density at radius 3 is 2.33 bits per heavy atom.